The van der Waals surface area contributed by atoms with E-state index in [-0.39, 0.29) is 31.1 Å². The summed E-state index contributed by atoms with van der Waals surface area (Å²) in [5.41, 5.74) is 0. The number of carbonyl (C=O) groups is 3. The molecule has 0 saturated heterocycles. The first-order valence-corrected chi connectivity index (χ1v) is 31.4. The summed E-state index contributed by atoms with van der Waals surface area (Å²) in [6.45, 7) is 6.44. The Morgan fingerprint density at radius 2 is 0.534 bits per heavy atom. The Balaban J connectivity index is 4.32. The van der Waals surface area contributed by atoms with Crippen LogP contribution in [0.25, 0.3) is 0 Å². The fourth-order valence-electron chi connectivity index (χ4n) is 9.06. The summed E-state index contributed by atoms with van der Waals surface area (Å²) in [5, 5.41) is 0. The highest BCUT2D eigenvalue weighted by Gasteiger charge is 2.19. The highest BCUT2D eigenvalue weighted by atomic mass is 16.6. The van der Waals surface area contributed by atoms with Crippen molar-refractivity contribution in [2.75, 3.05) is 13.2 Å². The van der Waals surface area contributed by atoms with Crippen molar-refractivity contribution in [2.24, 2.45) is 0 Å². The zero-order valence-corrected chi connectivity index (χ0v) is 48.4. The van der Waals surface area contributed by atoms with Crippen molar-refractivity contribution >= 4 is 17.9 Å². The molecular formula is C67H118O6. The number of ether oxygens (including phenoxy) is 3. The quantitative estimate of drug-likeness (QED) is 0.0261. The third-order valence-electron chi connectivity index (χ3n) is 13.7. The van der Waals surface area contributed by atoms with Crippen molar-refractivity contribution in [1.29, 1.82) is 0 Å². The third kappa shape index (κ3) is 59.6. The molecule has 1 unspecified atom stereocenters. The average Bonchev–Trinajstić information content (AvgIpc) is 3.39. The van der Waals surface area contributed by atoms with Crippen molar-refractivity contribution in [3.8, 4) is 0 Å². The Hall–Kier alpha value is -3.15. The Kier molecular flexibility index (Phi) is 58.7. The molecular weight excluding hydrogens is 901 g/mol. The molecule has 0 aliphatic rings. The summed E-state index contributed by atoms with van der Waals surface area (Å²) in [7, 11) is 0. The second kappa shape index (κ2) is 61.4. The van der Waals surface area contributed by atoms with Crippen LogP contribution >= 0.6 is 0 Å². The summed E-state index contributed by atoms with van der Waals surface area (Å²) in [4.78, 5) is 38.3. The predicted octanol–water partition coefficient (Wildman–Crippen LogP) is 21.3. The highest BCUT2D eigenvalue weighted by Crippen LogP contribution is 2.17. The normalized spacial score (nSPS) is 12.5. The molecule has 0 amide bonds. The number of hydrogen-bond acceptors (Lipinski definition) is 6. The molecule has 6 heteroatoms. The fraction of sp³-hybridized carbons (Fsp3) is 0.776. The minimum Gasteiger partial charge on any atom is -0.462 e. The molecule has 73 heavy (non-hydrogen) atoms. The molecule has 0 aliphatic carbocycles. The van der Waals surface area contributed by atoms with Gasteiger partial charge in [-0.1, -0.05) is 286 Å². The number of carbonyl (C=O) groups excluding carboxylic acids is 3. The molecule has 0 N–H and O–H groups in total. The van der Waals surface area contributed by atoms with E-state index in [9.17, 15) is 14.4 Å². The number of rotatable bonds is 57. The van der Waals surface area contributed by atoms with E-state index >= 15 is 0 Å². The number of esters is 3. The van der Waals surface area contributed by atoms with Crippen LogP contribution < -0.4 is 0 Å². The summed E-state index contributed by atoms with van der Waals surface area (Å²) in [6, 6.07) is 0. The van der Waals surface area contributed by atoms with Crippen molar-refractivity contribution in [3.05, 3.63) is 72.9 Å². The van der Waals surface area contributed by atoms with Crippen LogP contribution in [0.4, 0.5) is 0 Å². The molecule has 0 aromatic heterocycles. The molecule has 0 rings (SSSR count). The first-order valence-electron chi connectivity index (χ1n) is 31.4. The summed E-state index contributed by atoms with van der Waals surface area (Å²) < 4.78 is 16.9. The molecule has 0 fully saturated rings. The Morgan fingerprint density at radius 1 is 0.288 bits per heavy atom. The molecule has 0 aromatic carbocycles. The molecule has 0 spiro atoms. The van der Waals surface area contributed by atoms with Gasteiger partial charge in [0.15, 0.2) is 6.10 Å². The topological polar surface area (TPSA) is 78.9 Å². The molecule has 0 radical (unpaired) electrons. The largest absolute Gasteiger partial charge is 0.462 e. The van der Waals surface area contributed by atoms with Crippen LogP contribution in [0.5, 0.6) is 0 Å². The Labute approximate surface area is 453 Å². The van der Waals surface area contributed by atoms with Crippen molar-refractivity contribution in [1.82, 2.24) is 0 Å². The van der Waals surface area contributed by atoms with Gasteiger partial charge in [-0.25, -0.2) is 0 Å². The third-order valence-corrected chi connectivity index (χ3v) is 13.7. The molecule has 0 bridgehead atoms. The maximum absolute atomic E-state index is 12.9. The molecule has 0 saturated carbocycles. The van der Waals surface area contributed by atoms with Crippen LogP contribution in [0.1, 0.15) is 316 Å². The van der Waals surface area contributed by atoms with E-state index in [0.29, 0.717) is 19.3 Å². The summed E-state index contributed by atoms with van der Waals surface area (Å²) in [5.74, 6) is -0.896. The zero-order chi connectivity index (χ0) is 52.9. The van der Waals surface area contributed by atoms with E-state index in [0.717, 1.165) is 122 Å². The molecule has 0 aliphatic heterocycles. The van der Waals surface area contributed by atoms with Gasteiger partial charge in [0, 0.05) is 19.3 Å². The maximum Gasteiger partial charge on any atom is 0.306 e. The van der Waals surface area contributed by atoms with Crippen LogP contribution in [0.15, 0.2) is 72.9 Å². The van der Waals surface area contributed by atoms with E-state index in [1.54, 1.807) is 0 Å². The van der Waals surface area contributed by atoms with Crippen LogP contribution in [0, 0.1) is 0 Å². The van der Waals surface area contributed by atoms with Crippen molar-refractivity contribution in [3.63, 3.8) is 0 Å². The van der Waals surface area contributed by atoms with Gasteiger partial charge in [-0.15, -0.1) is 0 Å². The first kappa shape index (κ1) is 69.8. The monoisotopic (exact) mass is 1020 g/mol. The molecule has 0 aromatic rings. The van der Waals surface area contributed by atoms with Gasteiger partial charge in [-0.2, -0.15) is 0 Å². The van der Waals surface area contributed by atoms with Gasteiger partial charge in [0.2, 0.25) is 0 Å². The SMILES string of the molecule is CC/C=C\C/C=C\C/C=C\CCCCCCCCCC(=O)OC(COC(=O)CCCCCCC/C=C\C/C=C\C/C=C\CC)COC(=O)CCCCCCCCCCCCCCCCCCCCCCCCC. The number of allylic oxidation sites excluding steroid dienone is 12. The van der Waals surface area contributed by atoms with Gasteiger partial charge in [-0.05, 0) is 83.5 Å². The standard InChI is InChI=1S/C67H118O6/c1-4-7-10-13-16-19-22-25-28-30-31-32-33-34-35-37-39-42-45-48-51-54-57-60-66(69)72-63-64(62-71-65(68)59-56-53-50-47-44-41-38-27-24-21-18-15-12-9-6-3)73-67(70)61-58-55-52-49-46-43-40-36-29-26-23-20-17-14-11-8-5-2/h8-9,11-12,17-18,20-21,26-27,29,38,64H,4-7,10,13-16,19,22-25,28,30-37,39-63H2,1-3H3/b11-8-,12-9-,20-17-,21-18-,29-26-,38-27-. The van der Waals surface area contributed by atoms with Crippen LogP contribution in [-0.2, 0) is 28.6 Å². The maximum atomic E-state index is 12.9. The summed E-state index contributed by atoms with van der Waals surface area (Å²) in [6.07, 6.45) is 79.1. The minimum atomic E-state index is -0.788. The van der Waals surface area contributed by atoms with E-state index in [1.165, 1.54) is 154 Å². The van der Waals surface area contributed by atoms with Gasteiger partial charge in [0.25, 0.3) is 0 Å². The lowest BCUT2D eigenvalue weighted by atomic mass is 10.0. The Bertz CT molecular complexity index is 1360. The lowest BCUT2D eigenvalue weighted by Gasteiger charge is -2.18. The number of hydrogen-bond donors (Lipinski definition) is 0. The predicted molar refractivity (Wildman–Crippen MR) is 316 cm³/mol. The van der Waals surface area contributed by atoms with E-state index in [4.69, 9.17) is 14.2 Å². The zero-order valence-electron chi connectivity index (χ0n) is 48.4. The average molecular weight is 1020 g/mol. The minimum absolute atomic E-state index is 0.0826. The van der Waals surface area contributed by atoms with Gasteiger partial charge < -0.3 is 14.2 Å². The van der Waals surface area contributed by atoms with E-state index in [2.05, 4.69) is 93.7 Å². The lowest BCUT2D eigenvalue weighted by molar-refractivity contribution is -0.167. The molecule has 6 nitrogen and oxygen atoms in total. The number of unbranched alkanes of at least 4 members (excludes halogenated alkanes) is 34. The second-order valence-corrected chi connectivity index (χ2v) is 20.9. The van der Waals surface area contributed by atoms with E-state index in [1.807, 2.05) is 0 Å². The summed E-state index contributed by atoms with van der Waals surface area (Å²) >= 11 is 0. The van der Waals surface area contributed by atoms with Crippen LogP contribution in [-0.4, -0.2) is 37.2 Å². The van der Waals surface area contributed by atoms with E-state index < -0.39 is 6.10 Å². The van der Waals surface area contributed by atoms with Gasteiger partial charge in [0.1, 0.15) is 13.2 Å². The van der Waals surface area contributed by atoms with Gasteiger partial charge >= 0.3 is 17.9 Å². The Morgan fingerprint density at radius 3 is 0.836 bits per heavy atom. The molecule has 422 valence electrons. The second-order valence-electron chi connectivity index (χ2n) is 20.9. The highest BCUT2D eigenvalue weighted by molar-refractivity contribution is 5.71. The fourth-order valence-corrected chi connectivity index (χ4v) is 9.06. The smallest absolute Gasteiger partial charge is 0.306 e. The van der Waals surface area contributed by atoms with Crippen LogP contribution in [0.3, 0.4) is 0 Å². The van der Waals surface area contributed by atoms with Crippen LogP contribution in [0.2, 0.25) is 0 Å². The van der Waals surface area contributed by atoms with Gasteiger partial charge in [-0.3, -0.25) is 14.4 Å². The molecule has 0 heterocycles. The lowest BCUT2D eigenvalue weighted by Crippen LogP contribution is -2.30. The van der Waals surface area contributed by atoms with Crippen molar-refractivity contribution in [2.45, 2.75) is 322 Å². The van der Waals surface area contributed by atoms with Gasteiger partial charge in [0.05, 0.1) is 0 Å². The first-order chi connectivity index (χ1) is 36.0. The molecule has 1 atom stereocenters. The van der Waals surface area contributed by atoms with Crippen molar-refractivity contribution < 1.29 is 28.6 Å².